The van der Waals surface area contributed by atoms with Crippen LogP contribution >= 0.6 is 0 Å². The van der Waals surface area contributed by atoms with Gasteiger partial charge in [-0.2, -0.15) is 0 Å². The lowest BCUT2D eigenvalue weighted by molar-refractivity contribution is -0.386. The van der Waals surface area contributed by atoms with Gasteiger partial charge in [0, 0.05) is 12.6 Å². The molecule has 2 aromatic rings. The lowest BCUT2D eigenvalue weighted by Gasteiger charge is -2.07. The van der Waals surface area contributed by atoms with E-state index < -0.39 is 4.92 Å². The third-order valence-corrected chi connectivity index (χ3v) is 2.75. The molecule has 7 heteroatoms. The standard InChI is InChI=1S/C14H16N4O3/c1-3-15-14-8-16-11(7-17-14)9-21-13-5-4-10(2)6-12(13)18(19)20/h4-8H,3,9H2,1-2H3,(H,15,17). The van der Waals surface area contributed by atoms with E-state index in [0.717, 1.165) is 12.1 Å². The fourth-order valence-electron chi connectivity index (χ4n) is 1.75. The Hall–Kier alpha value is -2.70. The van der Waals surface area contributed by atoms with E-state index in [4.69, 9.17) is 4.74 Å². The van der Waals surface area contributed by atoms with E-state index in [9.17, 15) is 10.1 Å². The highest BCUT2D eigenvalue weighted by Gasteiger charge is 2.15. The van der Waals surface area contributed by atoms with Gasteiger partial charge in [0.2, 0.25) is 0 Å². The Bertz CT molecular complexity index is 629. The number of rotatable bonds is 6. The van der Waals surface area contributed by atoms with Gasteiger partial charge in [-0.25, -0.2) is 4.98 Å². The summed E-state index contributed by atoms with van der Waals surface area (Å²) in [5.41, 5.74) is 1.36. The summed E-state index contributed by atoms with van der Waals surface area (Å²) in [5.74, 6) is 0.908. The number of nitro benzene ring substituents is 1. The molecule has 0 aliphatic heterocycles. The summed E-state index contributed by atoms with van der Waals surface area (Å²) >= 11 is 0. The minimum atomic E-state index is -0.456. The van der Waals surface area contributed by atoms with E-state index in [1.54, 1.807) is 31.5 Å². The van der Waals surface area contributed by atoms with Gasteiger partial charge in [0.25, 0.3) is 0 Å². The van der Waals surface area contributed by atoms with Gasteiger partial charge in [-0.15, -0.1) is 0 Å². The molecule has 1 N–H and O–H groups in total. The molecule has 0 radical (unpaired) electrons. The second-order valence-corrected chi connectivity index (χ2v) is 4.44. The Morgan fingerprint density at radius 3 is 2.76 bits per heavy atom. The topological polar surface area (TPSA) is 90.2 Å². The van der Waals surface area contributed by atoms with Crippen LogP contribution in [0.3, 0.4) is 0 Å². The number of anilines is 1. The first-order valence-electron chi connectivity index (χ1n) is 6.52. The minimum Gasteiger partial charge on any atom is -0.480 e. The summed E-state index contributed by atoms with van der Waals surface area (Å²) in [4.78, 5) is 18.9. The number of hydrogen-bond acceptors (Lipinski definition) is 6. The highest BCUT2D eigenvalue weighted by Crippen LogP contribution is 2.28. The molecule has 110 valence electrons. The van der Waals surface area contributed by atoms with Crippen molar-refractivity contribution < 1.29 is 9.66 Å². The number of aryl methyl sites for hydroxylation is 1. The van der Waals surface area contributed by atoms with Gasteiger partial charge in [-0.3, -0.25) is 15.1 Å². The average Bonchev–Trinajstić information content (AvgIpc) is 2.47. The first-order chi connectivity index (χ1) is 10.1. The molecule has 1 aromatic carbocycles. The molecule has 1 heterocycles. The van der Waals surface area contributed by atoms with Crippen LogP contribution in [0, 0.1) is 17.0 Å². The smallest absolute Gasteiger partial charge is 0.311 e. The highest BCUT2D eigenvalue weighted by molar-refractivity contribution is 5.48. The van der Waals surface area contributed by atoms with E-state index >= 15 is 0 Å². The van der Waals surface area contributed by atoms with Crippen molar-refractivity contribution in [1.82, 2.24) is 9.97 Å². The van der Waals surface area contributed by atoms with Gasteiger partial charge >= 0.3 is 5.69 Å². The summed E-state index contributed by atoms with van der Waals surface area (Å²) in [6.45, 7) is 4.65. The van der Waals surface area contributed by atoms with Crippen LogP contribution < -0.4 is 10.1 Å². The molecular weight excluding hydrogens is 272 g/mol. The van der Waals surface area contributed by atoms with E-state index in [2.05, 4.69) is 15.3 Å². The normalized spacial score (nSPS) is 10.2. The molecule has 0 saturated heterocycles. The minimum absolute atomic E-state index is 0.0489. The van der Waals surface area contributed by atoms with E-state index in [1.807, 2.05) is 6.92 Å². The Balaban J connectivity index is 2.07. The van der Waals surface area contributed by atoms with Gasteiger partial charge in [-0.1, -0.05) is 6.07 Å². The maximum atomic E-state index is 11.0. The van der Waals surface area contributed by atoms with E-state index in [-0.39, 0.29) is 18.0 Å². The molecule has 0 amide bonds. The summed E-state index contributed by atoms with van der Waals surface area (Å²) in [6.07, 6.45) is 3.18. The van der Waals surface area contributed by atoms with Crippen LogP contribution in [-0.4, -0.2) is 21.4 Å². The van der Waals surface area contributed by atoms with Crippen molar-refractivity contribution in [2.75, 3.05) is 11.9 Å². The first-order valence-corrected chi connectivity index (χ1v) is 6.52. The van der Waals surface area contributed by atoms with Crippen molar-refractivity contribution in [3.05, 3.63) is 52.0 Å². The summed E-state index contributed by atoms with van der Waals surface area (Å²) in [7, 11) is 0. The molecule has 0 saturated carbocycles. The number of aromatic nitrogens is 2. The number of nitro groups is 1. The molecule has 0 atom stereocenters. The monoisotopic (exact) mass is 288 g/mol. The fraction of sp³-hybridized carbons (Fsp3) is 0.286. The molecule has 0 bridgehead atoms. The number of ether oxygens (including phenoxy) is 1. The zero-order valence-electron chi connectivity index (χ0n) is 11.9. The molecule has 7 nitrogen and oxygen atoms in total. The SMILES string of the molecule is CCNc1cnc(COc2ccc(C)cc2[N+](=O)[O-])cn1. The van der Waals surface area contributed by atoms with Gasteiger partial charge < -0.3 is 10.1 Å². The molecule has 21 heavy (non-hydrogen) atoms. The maximum absolute atomic E-state index is 11.0. The van der Waals surface area contributed by atoms with Gasteiger partial charge in [0.05, 0.1) is 23.0 Å². The predicted molar refractivity (Wildman–Crippen MR) is 78.4 cm³/mol. The molecule has 2 rings (SSSR count). The Morgan fingerprint density at radius 1 is 1.33 bits per heavy atom. The van der Waals surface area contributed by atoms with Crippen LogP contribution in [0.4, 0.5) is 11.5 Å². The van der Waals surface area contributed by atoms with Crippen molar-refractivity contribution in [3.8, 4) is 5.75 Å². The third-order valence-electron chi connectivity index (χ3n) is 2.75. The molecule has 0 aliphatic rings. The van der Waals surface area contributed by atoms with Crippen molar-refractivity contribution in [1.29, 1.82) is 0 Å². The third kappa shape index (κ3) is 3.88. The maximum Gasteiger partial charge on any atom is 0.311 e. The summed E-state index contributed by atoms with van der Waals surface area (Å²) < 4.78 is 5.47. The van der Waals surface area contributed by atoms with Crippen LogP contribution in [-0.2, 0) is 6.61 Å². The lowest BCUT2D eigenvalue weighted by Crippen LogP contribution is -2.04. The van der Waals surface area contributed by atoms with E-state index in [0.29, 0.717) is 11.5 Å². The average molecular weight is 288 g/mol. The predicted octanol–water partition coefficient (Wildman–Crippen LogP) is 2.70. The largest absolute Gasteiger partial charge is 0.480 e. The van der Waals surface area contributed by atoms with Gasteiger partial charge in [0.1, 0.15) is 12.4 Å². The number of benzene rings is 1. The second kappa shape index (κ2) is 6.65. The van der Waals surface area contributed by atoms with Gasteiger partial charge in [-0.05, 0) is 25.5 Å². The van der Waals surface area contributed by atoms with Crippen LogP contribution in [0.2, 0.25) is 0 Å². The highest BCUT2D eigenvalue weighted by atomic mass is 16.6. The van der Waals surface area contributed by atoms with Gasteiger partial charge in [0.15, 0.2) is 5.75 Å². The summed E-state index contributed by atoms with van der Waals surface area (Å²) in [6, 6.07) is 4.84. The molecule has 0 aliphatic carbocycles. The molecule has 1 aromatic heterocycles. The van der Waals surface area contributed by atoms with Crippen LogP contribution in [0.25, 0.3) is 0 Å². The second-order valence-electron chi connectivity index (χ2n) is 4.44. The quantitative estimate of drug-likeness (QED) is 0.649. The number of nitrogens with zero attached hydrogens (tertiary/aromatic N) is 3. The molecule has 0 unspecified atom stereocenters. The molecule has 0 spiro atoms. The Morgan fingerprint density at radius 2 is 2.14 bits per heavy atom. The Labute approximate surface area is 122 Å². The Kier molecular flexibility index (Phi) is 4.65. The van der Waals surface area contributed by atoms with Crippen molar-refractivity contribution in [2.24, 2.45) is 0 Å². The number of nitrogens with one attached hydrogen (secondary N) is 1. The first kappa shape index (κ1) is 14.7. The lowest BCUT2D eigenvalue weighted by atomic mass is 10.2. The van der Waals surface area contributed by atoms with E-state index in [1.165, 1.54) is 6.07 Å². The summed E-state index contributed by atoms with van der Waals surface area (Å²) in [5, 5.41) is 14.0. The number of hydrogen-bond donors (Lipinski definition) is 1. The van der Waals surface area contributed by atoms with Crippen LogP contribution in [0.15, 0.2) is 30.6 Å². The van der Waals surface area contributed by atoms with Crippen LogP contribution in [0.5, 0.6) is 5.75 Å². The van der Waals surface area contributed by atoms with Crippen molar-refractivity contribution in [2.45, 2.75) is 20.5 Å². The van der Waals surface area contributed by atoms with Crippen molar-refractivity contribution in [3.63, 3.8) is 0 Å². The fourth-order valence-corrected chi connectivity index (χ4v) is 1.75. The van der Waals surface area contributed by atoms with Crippen LogP contribution in [0.1, 0.15) is 18.2 Å². The molecule has 0 fully saturated rings. The zero-order valence-corrected chi connectivity index (χ0v) is 11.9. The zero-order chi connectivity index (χ0) is 15.2. The van der Waals surface area contributed by atoms with Crippen molar-refractivity contribution >= 4 is 11.5 Å². The molecular formula is C14H16N4O3.